The van der Waals surface area contributed by atoms with Gasteiger partial charge in [-0.1, -0.05) is 30.3 Å². The lowest BCUT2D eigenvalue weighted by Gasteiger charge is -2.42. The van der Waals surface area contributed by atoms with Crippen molar-refractivity contribution in [3.05, 3.63) is 35.9 Å². The Morgan fingerprint density at radius 2 is 2.00 bits per heavy atom. The summed E-state index contributed by atoms with van der Waals surface area (Å²) in [5, 5.41) is 11.9. The van der Waals surface area contributed by atoms with E-state index in [1.54, 1.807) is 0 Å². The van der Waals surface area contributed by atoms with Gasteiger partial charge >= 0.3 is 0 Å². The predicted octanol–water partition coefficient (Wildman–Crippen LogP) is 3.00. The third-order valence-electron chi connectivity index (χ3n) is 4.23. The van der Waals surface area contributed by atoms with E-state index in [-0.39, 0.29) is 22.6 Å². The van der Waals surface area contributed by atoms with Gasteiger partial charge in [0.2, 0.25) is 0 Å². The van der Waals surface area contributed by atoms with Gasteiger partial charge in [-0.15, -0.1) is 23.5 Å². The van der Waals surface area contributed by atoms with Gasteiger partial charge in [0.05, 0.1) is 16.7 Å². The number of hydrogen-bond donors (Lipinski definition) is 1. The number of aliphatic hydroxyl groups excluding tert-OH is 1. The monoisotopic (exact) mass is 325 g/mol. The molecule has 0 amide bonds. The number of rotatable bonds is 4. The van der Waals surface area contributed by atoms with E-state index in [2.05, 4.69) is 36.3 Å². The Labute approximate surface area is 135 Å². The van der Waals surface area contributed by atoms with Crippen LogP contribution in [-0.4, -0.2) is 45.0 Å². The highest BCUT2D eigenvalue weighted by molar-refractivity contribution is 8.18. The van der Waals surface area contributed by atoms with E-state index in [9.17, 15) is 5.11 Å². The Kier molecular flexibility index (Phi) is 5.17. The van der Waals surface area contributed by atoms with Crippen molar-refractivity contribution in [1.29, 1.82) is 0 Å². The molecule has 1 N–H and O–H groups in total. The number of benzene rings is 1. The quantitative estimate of drug-likeness (QED) is 0.920. The summed E-state index contributed by atoms with van der Waals surface area (Å²) in [6.07, 6.45) is 1.28. The molecule has 0 aliphatic carbocycles. The van der Waals surface area contributed by atoms with Crippen LogP contribution in [0.1, 0.15) is 18.9 Å². The Morgan fingerprint density at radius 1 is 1.29 bits per heavy atom. The highest BCUT2D eigenvalue weighted by Gasteiger charge is 2.49. The maximum Gasteiger partial charge on any atom is 0.0765 e. The molecule has 0 saturated carbocycles. The van der Waals surface area contributed by atoms with Gasteiger partial charge < -0.3 is 5.11 Å². The molecule has 2 aliphatic heterocycles. The van der Waals surface area contributed by atoms with Gasteiger partial charge in [0.1, 0.15) is 0 Å². The van der Waals surface area contributed by atoms with Crippen LogP contribution in [0.2, 0.25) is 0 Å². The van der Waals surface area contributed by atoms with Gasteiger partial charge in [-0.25, -0.2) is 0 Å². The first-order valence-electron chi connectivity index (χ1n) is 7.55. The summed E-state index contributed by atoms with van der Waals surface area (Å²) in [6, 6.07) is 10.7. The molecule has 3 rings (SSSR count). The second-order valence-corrected chi connectivity index (χ2v) is 9.16. The maximum atomic E-state index is 9.74. The van der Waals surface area contributed by atoms with Crippen molar-refractivity contribution < 1.29 is 9.94 Å². The first-order valence-corrected chi connectivity index (χ1v) is 9.52. The largest absolute Gasteiger partial charge is 0.396 e. The molecule has 1 aromatic carbocycles. The van der Waals surface area contributed by atoms with Gasteiger partial charge in [0.25, 0.3) is 0 Å². The molecular weight excluding hydrogens is 302 g/mol. The van der Waals surface area contributed by atoms with Crippen LogP contribution >= 0.6 is 23.5 Å². The van der Waals surface area contributed by atoms with Gasteiger partial charge in [-0.2, -0.15) is 5.06 Å². The van der Waals surface area contributed by atoms with Crippen LogP contribution in [0.25, 0.3) is 0 Å². The van der Waals surface area contributed by atoms with E-state index < -0.39 is 0 Å². The average molecular weight is 325 g/mol. The molecule has 0 aromatic heterocycles. The van der Waals surface area contributed by atoms with Crippen LogP contribution in [0, 0.1) is 5.92 Å². The Morgan fingerprint density at radius 3 is 2.67 bits per heavy atom. The molecular formula is C16H23NO2S2. The van der Waals surface area contributed by atoms with Crippen molar-refractivity contribution in [3.63, 3.8) is 0 Å². The van der Waals surface area contributed by atoms with Crippen molar-refractivity contribution >= 4 is 23.5 Å². The van der Waals surface area contributed by atoms with Crippen molar-refractivity contribution in [2.24, 2.45) is 5.92 Å². The van der Waals surface area contributed by atoms with Crippen molar-refractivity contribution in [2.75, 3.05) is 24.7 Å². The van der Waals surface area contributed by atoms with E-state index >= 15 is 0 Å². The zero-order valence-corrected chi connectivity index (χ0v) is 14.0. The summed E-state index contributed by atoms with van der Waals surface area (Å²) < 4.78 is 0.108. The normalized spacial score (nSPS) is 29.6. The number of thioether (sulfide) groups is 2. The van der Waals surface area contributed by atoms with Crippen molar-refractivity contribution in [3.8, 4) is 0 Å². The summed E-state index contributed by atoms with van der Waals surface area (Å²) in [4.78, 5) is 5.94. The van der Waals surface area contributed by atoms with Gasteiger partial charge in [-0.05, 0) is 30.4 Å². The fraction of sp³-hybridized carbons (Fsp3) is 0.625. The second kappa shape index (κ2) is 6.92. The molecule has 2 saturated heterocycles. The molecule has 3 nitrogen and oxygen atoms in total. The molecule has 2 aliphatic rings. The molecule has 1 aromatic rings. The minimum atomic E-state index is 0.108. The minimum Gasteiger partial charge on any atom is -0.396 e. The van der Waals surface area contributed by atoms with E-state index in [1.807, 2.05) is 29.6 Å². The summed E-state index contributed by atoms with van der Waals surface area (Å²) in [6.45, 7) is 3.94. The van der Waals surface area contributed by atoms with E-state index in [0.717, 1.165) is 6.54 Å². The summed E-state index contributed by atoms with van der Waals surface area (Å²) in [7, 11) is 0. The topological polar surface area (TPSA) is 32.7 Å². The standard InChI is InChI=1S/C16H23NO2S2/c1-16(20-8-5-9-21-16)15-14(11-18)12-19-17(15)10-13-6-3-2-4-7-13/h2-4,6-7,14-15,18H,5,8-12H2,1H3/t14-,15-/m0/s1. The zero-order valence-electron chi connectivity index (χ0n) is 12.4. The highest BCUT2D eigenvalue weighted by atomic mass is 32.2. The third-order valence-corrected chi connectivity index (χ3v) is 7.55. The fourth-order valence-electron chi connectivity index (χ4n) is 3.17. The van der Waals surface area contributed by atoms with Gasteiger partial charge in [-0.3, -0.25) is 4.84 Å². The molecule has 0 spiro atoms. The van der Waals surface area contributed by atoms with Crippen molar-refractivity contribution in [2.45, 2.75) is 30.0 Å². The minimum absolute atomic E-state index is 0.108. The van der Waals surface area contributed by atoms with Crippen LogP contribution in [0.3, 0.4) is 0 Å². The lowest BCUT2D eigenvalue weighted by molar-refractivity contribution is -0.140. The summed E-state index contributed by atoms with van der Waals surface area (Å²) in [5.41, 5.74) is 1.26. The lowest BCUT2D eigenvalue weighted by Crippen LogP contribution is -2.48. The van der Waals surface area contributed by atoms with Crippen LogP contribution in [0.5, 0.6) is 0 Å². The second-order valence-electron chi connectivity index (χ2n) is 5.81. The Bertz CT molecular complexity index is 451. The van der Waals surface area contributed by atoms with E-state index in [4.69, 9.17) is 4.84 Å². The molecule has 0 radical (unpaired) electrons. The lowest BCUT2D eigenvalue weighted by atomic mass is 9.99. The van der Waals surface area contributed by atoms with E-state index in [0.29, 0.717) is 6.61 Å². The number of hydrogen-bond acceptors (Lipinski definition) is 5. The third kappa shape index (κ3) is 3.42. The molecule has 2 fully saturated rings. The van der Waals surface area contributed by atoms with E-state index in [1.165, 1.54) is 23.5 Å². The zero-order chi connectivity index (χ0) is 14.7. The molecule has 2 atom stereocenters. The first-order chi connectivity index (χ1) is 10.2. The number of hydroxylamine groups is 2. The molecule has 0 bridgehead atoms. The molecule has 2 heterocycles. The highest BCUT2D eigenvalue weighted by Crippen LogP contribution is 2.49. The van der Waals surface area contributed by atoms with Crippen LogP contribution in [0.4, 0.5) is 0 Å². The molecule has 116 valence electrons. The predicted molar refractivity (Wildman–Crippen MR) is 90.2 cm³/mol. The number of nitrogens with zero attached hydrogens (tertiary/aromatic N) is 1. The smallest absolute Gasteiger partial charge is 0.0765 e. The first kappa shape index (κ1) is 15.7. The summed E-state index contributed by atoms with van der Waals surface area (Å²) in [5.74, 6) is 2.62. The number of aliphatic hydroxyl groups is 1. The van der Waals surface area contributed by atoms with Crippen molar-refractivity contribution in [1.82, 2.24) is 5.06 Å². The van der Waals surface area contributed by atoms with Crippen LogP contribution in [-0.2, 0) is 11.4 Å². The molecule has 0 unspecified atom stereocenters. The van der Waals surface area contributed by atoms with Gasteiger partial charge in [0.15, 0.2) is 0 Å². The van der Waals surface area contributed by atoms with Crippen LogP contribution < -0.4 is 0 Å². The Balaban J connectivity index is 1.78. The fourth-order valence-corrected chi connectivity index (χ4v) is 6.53. The SMILES string of the molecule is CC1([C@@H]2[C@@H](CO)CON2Cc2ccccc2)SCCCS1. The molecule has 21 heavy (non-hydrogen) atoms. The van der Waals surface area contributed by atoms with Gasteiger partial charge in [0, 0.05) is 19.1 Å². The summed E-state index contributed by atoms with van der Waals surface area (Å²) >= 11 is 4.05. The molecule has 5 heteroatoms. The maximum absolute atomic E-state index is 9.74. The average Bonchev–Trinajstić information content (AvgIpc) is 2.92. The van der Waals surface area contributed by atoms with Crippen LogP contribution in [0.15, 0.2) is 30.3 Å². The Hall–Kier alpha value is -0.200.